The summed E-state index contributed by atoms with van der Waals surface area (Å²) in [6, 6.07) is 19.3. The highest BCUT2D eigenvalue weighted by Gasteiger charge is 2.37. The van der Waals surface area contributed by atoms with Gasteiger partial charge < -0.3 is 10.4 Å². The van der Waals surface area contributed by atoms with Crippen molar-refractivity contribution >= 4 is 5.91 Å². The Morgan fingerprint density at radius 1 is 0.971 bits per heavy atom. The van der Waals surface area contributed by atoms with Crippen LogP contribution < -0.4 is 5.32 Å². The molecule has 2 aromatic carbocycles. The molecule has 2 N–H and O–H groups in total. The monoisotopic (exact) mass is 468 g/mol. The molecule has 182 valence electrons. The van der Waals surface area contributed by atoms with Crippen LogP contribution in [0.2, 0.25) is 0 Å². The first-order valence-electron chi connectivity index (χ1n) is 12.3. The zero-order chi connectivity index (χ0) is 25.0. The van der Waals surface area contributed by atoms with E-state index in [1.54, 1.807) is 0 Å². The molecule has 4 nitrogen and oxygen atoms in total. The van der Waals surface area contributed by atoms with Crippen molar-refractivity contribution in [2.45, 2.75) is 38.6 Å². The number of rotatable bonds is 2. The van der Waals surface area contributed by atoms with Crippen LogP contribution in [0.1, 0.15) is 31.2 Å². The summed E-state index contributed by atoms with van der Waals surface area (Å²) >= 11 is 0. The smallest absolute Gasteiger partial charge is 0.259 e. The molecule has 1 aliphatic carbocycles. The van der Waals surface area contributed by atoms with Crippen LogP contribution in [0.3, 0.4) is 0 Å². The summed E-state index contributed by atoms with van der Waals surface area (Å²) in [5, 5.41) is 10.4. The molecule has 1 atom stereocenters. The molecule has 2 aliphatic heterocycles. The Labute approximate surface area is 209 Å². The number of aliphatic hydroxyl groups excluding tert-OH is 1. The largest absolute Gasteiger partial charge is 0.400 e. The van der Waals surface area contributed by atoms with Gasteiger partial charge in [0.25, 0.3) is 5.91 Å². The van der Waals surface area contributed by atoms with Crippen LogP contribution in [-0.4, -0.2) is 42.2 Å². The lowest BCUT2D eigenvalue weighted by Gasteiger charge is -2.28. The standard InChI is InChI=1S/C17H20N2O.C13H12.CH4O/c1-2-16-14-8-4-3-5-9-15(14)17(20)19(16)13-7-6-11-18-12-10-13;1-11-7-9-13(10-8-11)12-5-3-2-4-6-12;1-2/h3-5,9,13,18H,1,6-8,10-12H2;2-10H,1H3;2H,1H3. The zero-order valence-electron chi connectivity index (χ0n) is 20.8. The van der Waals surface area contributed by atoms with E-state index in [0.717, 1.165) is 62.7 Å². The number of amides is 1. The van der Waals surface area contributed by atoms with Crippen LogP contribution in [0.15, 0.2) is 108 Å². The molecule has 1 unspecified atom stereocenters. The van der Waals surface area contributed by atoms with Crippen molar-refractivity contribution in [2.24, 2.45) is 0 Å². The number of nitrogens with zero attached hydrogens (tertiary/aromatic N) is 1. The number of benzene rings is 2. The van der Waals surface area contributed by atoms with E-state index in [0.29, 0.717) is 0 Å². The molecule has 0 spiro atoms. The molecule has 1 amide bonds. The molecule has 1 saturated heterocycles. The Morgan fingerprint density at radius 2 is 1.69 bits per heavy atom. The van der Waals surface area contributed by atoms with Crippen molar-refractivity contribution in [3.63, 3.8) is 0 Å². The van der Waals surface area contributed by atoms with Crippen LogP contribution in [-0.2, 0) is 4.79 Å². The highest BCUT2D eigenvalue weighted by atomic mass is 16.2. The van der Waals surface area contributed by atoms with E-state index in [-0.39, 0.29) is 11.9 Å². The van der Waals surface area contributed by atoms with Gasteiger partial charge in [0, 0.05) is 24.3 Å². The van der Waals surface area contributed by atoms with Crippen molar-refractivity contribution in [1.29, 1.82) is 0 Å². The molecule has 4 heteroatoms. The van der Waals surface area contributed by atoms with Gasteiger partial charge in [-0.1, -0.05) is 85.0 Å². The molecule has 3 aliphatic rings. The summed E-state index contributed by atoms with van der Waals surface area (Å²) in [6.45, 7) is 7.93. The second-order valence-electron chi connectivity index (χ2n) is 8.65. The van der Waals surface area contributed by atoms with Gasteiger partial charge in [0.1, 0.15) is 0 Å². The minimum absolute atomic E-state index is 0.123. The van der Waals surface area contributed by atoms with E-state index in [9.17, 15) is 4.79 Å². The Morgan fingerprint density at radius 3 is 2.40 bits per heavy atom. The summed E-state index contributed by atoms with van der Waals surface area (Å²) < 4.78 is 0. The summed E-state index contributed by atoms with van der Waals surface area (Å²) in [7, 11) is 1.00. The number of aryl methyl sites for hydroxylation is 1. The predicted octanol–water partition coefficient (Wildman–Crippen LogP) is 5.72. The van der Waals surface area contributed by atoms with Crippen molar-refractivity contribution < 1.29 is 9.90 Å². The maximum atomic E-state index is 12.8. The molecular formula is C31H36N2O2. The number of hydrogen-bond acceptors (Lipinski definition) is 3. The van der Waals surface area contributed by atoms with Gasteiger partial charge in [-0.3, -0.25) is 9.69 Å². The van der Waals surface area contributed by atoms with Gasteiger partial charge in [-0.25, -0.2) is 0 Å². The van der Waals surface area contributed by atoms with Gasteiger partial charge in [-0.2, -0.15) is 0 Å². The lowest BCUT2D eigenvalue weighted by molar-refractivity contribution is -0.125. The molecule has 0 radical (unpaired) electrons. The summed E-state index contributed by atoms with van der Waals surface area (Å²) in [6.07, 6.45) is 11.9. The van der Waals surface area contributed by atoms with Gasteiger partial charge in [0.2, 0.25) is 0 Å². The first-order chi connectivity index (χ1) is 17.2. The number of carbonyl (C=O) groups is 1. The first kappa shape index (κ1) is 26.2. The number of aliphatic hydroxyl groups is 1. The minimum Gasteiger partial charge on any atom is -0.400 e. The summed E-state index contributed by atoms with van der Waals surface area (Å²) in [5.41, 5.74) is 9.67. The topological polar surface area (TPSA) is 52.6 Å². The Balaban J connectivity index is 0.000000197. The van der Waals surface area contributed by atoms with Crippen LogP contribution in [0.25, 0.3) is 11.1 Å². The fourth-order valence-corrected chi connectivity index (χ4v) is 4.60. The second-order valence-corrected chi connectivity index (χ2v) is 8.65. The summed E-state index contributed by atoms with van der Waals surface area (Å²) in [5.74, 6) is 0.123. The van der Waals surface area contributed by atoms with Crippen LogP contribution in [0.5, 0.6) is 0 Å². The molecule has 2 heterocycles. The maximum absolute atomic E-state index is 12.8. The van der Waals surface area contributed by atoms with E-state index < -0.39 is 0 Å². The van der Waals surface area contributed by atoms with Crippen molar-refractivity contribution in [3.05, 3.63) is 114 Å². The van der Waals surface area contributed by atoms with Crippen LogP contribution in [0.4, 0.5) is 0 Å². The molecule has 0 aromatic heterocycles. The SMILES string of the molecule is C=C=C1C2=C(C=CC=CC2)C(=O)N1C1CCCNCC1.CO.Cc1ccc(-c2ccccc2)cc1. The second kappa shape index (κ2) is 13.5. The highest BCUT2D eigenvalue weighted by molar-refractivity contribution is 6.03. The van der Waals surface area contributed by atoms with E-state index in [2.05, 4.69) is 79.2 Å². The Bertz CT molecular complexity index is 1110. The van der Waals surface area contributed by atoms with Gasteiger partial charge in [0.15, 0.2) is 0 Å². The molecular weight excluding hydrogens is 432 g/mol. The first-order valence-corrected chi connectivity index (χ1v) is 12.3. The zero-order valence-corrected chi connectivity index (χ0v) is 20.8. The number of nitrogens with one attached hydrogen (secondary N) is 1. The highest BCUT2D eigenvalue weighted by Crippen LogP contribution is 2.36. The van der Waals surface area contributed by atoms with Gasteiger partial charge in [0.05, 0.1) is 5.70 Å². The maximum Gasteiger partial charge on any atom is 0.259 e. The Kier molecular flexibility index (Phi) is 10.1. The molecule has 2 aromatic rings. The third-order valence-corrected chi connectivity index (χ3v) is 6.37. The average molecular weight is 469 g/mol. The van der Waals surface area contributed by atoms with Crippen molar-refractivity contribution in [3.8, 4) is 11.1 Å². The van der Waals surface area contributed by atoms with Gasteiger partial charge >= 0.3 is 0 Å². The minimum atomic E-state index is 0.123. The molecule has 0 bridgehead atoms. The molecule has 1 fully saturated rings. The number of hydrogen-bond donors (Lipinski definition) is 2. The quantitative estimate of drug-likeness (QED) is 0.554. The molecule has 35 heavy (non-hydrogen) atoms. The number of allylic oxidation sites excluding steroid dienone is 4. The molecule has 0 saturated carbocycles. The predicted molar refractivity (Wildman–Crippen MR) is 145 cm³/mol. The third-order valence-electron chi connectivity index (χ3n) is 6.37. The number of carbonyl (C=O) groups excluding carboxylic acids is 1. The van der Waals surface area contributed by atoms with Gasteiger partial charge in [-0.15, -0.1) is 5.73 Å². The Hall–Kier alpha value is -3.43. The van der Waals surface area contributed by atoms with Gasteiger partial charge in [-0.05, 0) is 62.9 Å². The third kappa shape index (κ3) is 6.58. The van der Waals surface area contributed by atoms with Crippen molar-refractivity contribution in [2.75, 3.05) is 20.2 Å². The van der Waals surface area contributed by atoms with E-state index in [1.807, 2.05) is 29.2 Å². The summed E-state index contributed by atoms with van der Waals surface area (Å²) in [4.78, 5) is 14.7. The van der Waals surface area contributed by atoms with E-state index in [1.165, 1.54) is 16.7 Å². The molecule has 5 rings (SSSR count). The van der Waals surface area contributed by atoms with E-state index in [4.69, 9.17) is 5.11 Å². The van der Waals surface area contributed by atoms with Crippen LogP contribution >= 0.6 is 0 Å². The lowest BCUT2D eigenvalue weighted by Crippen LogP contribution is -2.37. The normalized spacial score (nSPS) is 18.9. The fourth-order valence-electron chi connectivity index (χ4n) is 4.60. The van der Waals surface area contributed by atoms with E-state index >= 15 is 0 Å². The average Bonchev–Trinajstić information content (AvgIpc) is 3.18. The fraction of sp³-hybridized carbons (Fsp3) is 0.290. The van der Waals surface area contributed by atoms with Crippen molar-refractivity contribution in [1.82, 2.24) is 10.2 Å². The lowest BCUT2D eigenvalue weighted by atomic mass is 10.0. The van der Waals surface area contributed by atoms with Crippen LogP contribution in [0, 0.1) is 6.92 Å².